The highest BCUT2D eigenvalue weighted by atomic mass is 35.5. The van der Waals surface area contributed by atoms with Crippen LogP contribution in [0, 0.1) is 0 Å². The number of halogens is 1. The normalized spacial score (nSPS) is 12.0. The fraction of sp³-hybridized carbons (Fsp3) is 0.130. The summed E-state index contributed by atoms with van der Waals surface area (Å²) in [4.78, 5) is 25.8. The van der Waals surface area contributed by atoms with E-state index in [1.165, 1.54) is 37.4 Å². The first-order valence-corrected chi connectivity index (χ1v) is 11.7. The van der Waals surface area contributed by atoms with Crippen LogP contribution in [0.2, 0.25) is 5.02 Å². The van der Waals surface area contributed by atoms with Crippen molar-refractivity contribution >= 4 is 39.0 Å². The Balaban J connectivity index is 1.88. The van der Waals surface area contributed by atoms with Gasteiger partial charge in [-0.05, 0) is 36.4 Å². The SMILES string of the molecule is COc1ccc(NC(=O)[C@@H](OC(=O)c2cccc(S(C)(=O)=O)c2)c2ccccc2)cc1Cl. The lowest BCUT2D eigenvalue weighted by molar-refractivity contribution is -0.125. The molecular weight excluding hydrogens is 454 g/mol. The van der Waals surface area contributed by atoms with Crippen molar-refractivity contribution in [3.8, 4) is 5.75 Å². The Morgan fingerprint density at radius 1 is 0.969 bits per heavy atom. The molecule has 0 aliphatic rings. The highest BCUT2D eigenvalue weighted by Crippen LogP contribution is 2.28. The Bertz CT molecular complexity index is 1240. The van der Waals surface area contributed by atoms with Crippen molar-refractivity contribution in [3.05, 3.63) is 88.9 Å². The third-order valence-corrected chi connectivity index (χ3v) is 5.89. The van der Waals surface area contributed by atoms with Crippen molar-refractivity contribution in [1.29, 1.82) is 0 Å². The molecule has 0 aliphatic heterocycles. The molecule has 0 saturated heterocycles. The largest absolute Gasteiger partial charge is 0.495 e. The maximum absolute atomic E-state index is 13.0. The molecule has 0 heterocycles. The third-order valence-electron chi connectivity index (χ3n) is 4.48. The minimum Gasteiger partial charge on any atom is -0.495 e. The Morgan fingerprint density at radius 3 is 2.31 bits per heavy atom. The molecule has 0 bridgehead atoms. The van der Waals surface area contributed by atoms with E-state index in [4.69, 9.17) is 21.1 Å². The standard InChI is InChI=1S/C23H20ClNO6S/c1-30-20-12-11-17(14-19(20)24)25-22(26)21(15-7-4-3-5-8-15)31-23(27)16-9-6-10-18(13-16)32(2,28)29/h3-14,21H,1-2H3,(H,25,26)/t21-/m0/s1. The molecule has 1 amide bonds. The van der Waals surface area contributed by atoms with E-state index < -0.39 is 27.8 Å². The summed E-state index contributed by atoms with van der Waals surface area (Å²) in [5, 5.41) is 2.98. The van der Waals surface area contributed by atoms with Gasteiger partial charge in [0.25, 0.3) is 5.91 Å². The zero-order chi connectivity index (χ0) is 23.3. The summed E-state index contributed by atoms with van der Waals surface area (Å²) in [5.74, 6) is -1.00. The van der Waals surface area contributed by atoms with Gasteiger partial charge in [0.15, 0.2) is 9.84 Å². The number of nitrogens with one attached hydrogen (secondary N) is 1. The number of esters is 1. The first kappa shape index (κ1) is 23.3. The monoisotopic (exact) mass is 473 g/mol. The average molecular weight is 474 g/mol. The summed E-state index contributed by atoms with van der Waals surface area (Å²) in [6.45, 7) is 0. The van der Waals surface area contributed by atoms with E-state index in [1.807, 2.05) is 0 Å². The van der Waals surface area contributed by atoms with Crippen LogP contribution < -0.4 is 10.1 Å². The maximum Gasteiger partial charge on any atom is 0.339 e. The second kappa shape index (κ2) is 9.84. The van der Waals surface area contributed by atoms with Gasteiger partial charge >= 0.3 is 5.97 Å². The van der Waals surface area contributed by atoms with Gasteiger partial charge < -0.3 is 14.8 Å². The van der Waals surface area contributed by atoms with E-state index in [0.717, 1.165) is 6.26 Å². The molecular formula is C23H20ClNO6S. The number of rotatable bonds is 7. The molecule has 166 valence electrons. The van der Waals surface area contributed by atoms with Crippen LogP contribution in [0.5, 0.6) is 5.75 Å². The number of benzene rings is 3. The summed E-state index contributed by atoms with van der Waals surface area (Å²) in [5.41, 5.74) is 0.836. The van der Waals surface area contributed by atoms with Gasteiger partial charge in [-0.15, -0.1) is 0 Å². The molecule has 7 nitrogen and oxygen atoms in total. The molecule has 0 saturated carbocycles. The molecule has 3 aromatic carbocycles. The maximum atomic E-state index is 13.0. The molecule has 32 heavy (non-hydrogen) atoms. The van der Waals surface area contributed by atoms with Gasteiger partial charge in [0, 0.05) is 17.5 Å². The fourth-order valence-electron chi connectivity index (χ4n) is 2.88. The Labute approximate surface area is 190 Å². The van der Waals surface area contributed by atoms with Crippen LogP contribution in [-0.4, -0.2) is 33.7 Å². The summed E-state index contributed by atoms with van der Waals surface area (Å²) < 4.78 is 34.2. The van der Waals surface area contributed by atoms with Crippen LogP contribution in [0.25, 0.3) is 0 Å². The van der Waals surface area contributed by atoms with Gasteiger partial charge in [-0.3, -0.25) is 4.79 Å². The van der Waals surface area contributed by atoms with Crippen LogP contribution in [-0.2, 0) is 19.4 Å². The number of ether oxygens (including phenoxy) is 2. The van der Waals surface area contributed by atoms with Gasteiger partial charge in [0.05, 0.1) is 22.6 Å². The van der Waals surface area contributed by atoms with Crippen LogP contribution >= 0.6 is 11.6 Å². The molecule has 0 aromatic heterocycles. The lowest BCUT2D eigenvalue weighted by Gasteiger charge is -2.18. The molecule has 0 fully saturated rings. The highest BCUT2D eigenvalue weighted by molar-refractivity contribution is 7.90. The minimum atomic E-state index is -3.52. The van der Waals surface area contributed by atoms with E-state index in [1.54, 1.807) is 42.5 Å². The molecule has 3 rings (SSSR count). The van der Waals surface area contributed by atoms with E-state index in [2.05, 4.69) is 5.32 Å². The molecule has 0 unspecified atom stereocenters. The predicted octanol–water partition coefficient (Wildman–Crippen LogP) is 4.29. The fourth-order valence-corrected chi connectivity index (χ4v) is 3.81. The smallest absolute Gasteiger partial charge is 0.339 e. The number of carbonyl (C=O) groups excluding carboxylic acids is 2. The predicted molar refractivity (Wildman–Crippen MR) is 121 cm³/mol. The zero-order valence-corrected chi connectivity index (χ0v) is 18.8. The number of carbonyl (C=O) groups is 2. The Hall–Kier alpha value is -3.36. The van der Waals surface area contributed by atoms with Crippen molar-refractivity contribution in [2.75, 3.05) is 18.7 Å². The number of methoxy groups -OCH3 is 1. The summed E-state index contributed by atoms with van der Waals surface area (Å²) in [6, 6.07) is 18.6. The number of sulfone groups is 1. The Kier molecular flexibility index (Phi) is 7.17. The van der Waals surface area contributed by atoms with Gasteiger partial charge in [-0.1, -0.05) is 48.0 Å². The van der Waals surface area contributed by atoms with Gasteiger partial charge in [0.2, 0.25) is 6.10 Å². The van der Waals surface area contributed by atoms with E-state index in [0.29, 0.717) is 22.0 Å². The van der Waals surface area contributed by atoms with Crippen molar-refractivity contribution in [2.24, 2.45) is 0 Å². The van der Waals surface area contributed by atoms with Crippen molar-refractivity contribution in [3.63, 3.8) is 0 Å². The molecule has 0 radical (unpaired) electrons. The molecule has 9 heteroatoms. The van der Waals surface area contributed by atoms with Gasteiger partial charge in [0.1, 0.15) is 5.75 Å². The average Bonchev–Trinajstić information content (AvgIpc) is 2.77. The van der Waals surface area contributed by atoms with E-state index in [-0.39, 0.29) is 10.5 Å². The summed E-state index contributed by atoms with van der Waals surface area (Å²) in [6.07, 6.45) is -0.246. The first-order valence-electron chi connectivity index (χ1n) is 9.39. The lowest BCUT2D eigenvalue weighted by atomic mass is 10.1. The lowest BCUT2D eigenvalue weighted by Crippen LogP contribution is -2.26. The molecule has 1 atom stereocenters. The van der Waals surface area contributed by atoms with Crippen molar-refractivity contribution < 1.29 is 27.5 Å². The number of anilines is 1. The topological polar surface area (TPSA) is 98.8 Å². The minimum absolute atomic E-state index is 0.00847. The Morgan fingerprint density at radius 2 is 1.69 bits per heavy atom. The quantitative estimate of drug-likeness (QED) is 0.514. The van der Waals surface area contributed by atoms with Crippen molar-refractivity contribution in [2.45, 2.75) is 11.0 Å². The molecule has 0 aliphatic carbocycles. The summed E-state index contributed by atoms with van der Waals surface area (Å²) >= 11 is 6.11. The van der Waals surface area contributed by atoms with Crippen LogP contribution in [0.4, 0.5) is 5.69 Å². The highest BCUT2D eigenvalue weighted by Gasteiger charge is 2.26. The van der Waals surface area contributed by atoms with E-state index >= 15 is 0 Å². The van der Waals surface area contributed by atoms with Crippen LogP contribution in [0.1, 0.15) is 22.0 Å². The summed E-state index contributed by atoms with van der Waals surface area (Å²) in [7, 11) is -2.04. The number of hydrogen-bond acceptors (Lipinski definition) is 6. The first-order chi connectivity index (χ1) is 15.2. The van der Waals surface area contributed by atoms with Gasteiger partial charge in [-0.25, -0.2) is 13.2 Å². The van der Waals surface area contributed by atoms with Crippen LogP contribution in [0.3, 0.4) is 0 Å². The molecule has 0 spiro atoms. The second-order valence-corrected chi connectivity index (χ2v) is 9.26. The van der Waals surface area contributed by atoms with Crippen LogP contribution in [0.15, 0.2) is 77.7 Å². The zero-order valence-electron chi connectivity index (χ0n) is 17.2. The van der Waals surface area contributed by atoms with E-state index in [9.17, 15) is 18.0 Å². The molecule has 3 aromatic rings. The number of hydrogen-bond donors (Lipinski definition) is 1. The molecule has 1 N–H and O–H groups in total. The van der Waals surface area contributed by atoms with Gasteiger partial charge in [-0.2, -0.15) is 0 Å². The third kappa shape index (κ3) is 5.66. The van der Waals surface area contributed by atoms with Crippen molar-refractivity contribution in [1.82, 2.24) is 0 Å². The second-order valence-electron chi connectivity index (χ2n) is 6.83. The number of amides is 1.